The molecule has 0 aromatic heterocycles. The van der Waals surface area contributed by atoms with E-state index in [4.69, 9.17) is 4.74 Å². The first-order chi connectivity index (χ1) is 6.11. The molecule has 0 saturated carbocycles. The smallest absolute Gasteiger partial charge is 0.328 e. The Balaban J connectivity index is 3.92. The van der Waals surface area contributed by atoms with Crippen molar-refractivity contribution in [3.63, 3.8) is 0 Å². The predicted molar refractivity (Wildman–Crippen MR) is 49.1 cm³/mol. The highest BCUT2D eigenvalue weighted by molar-refractivity contribution is 5.91. The van der Waals surface area contributed by atoms with Crippen LogP contribution in [0, 0.1) is 0 Å². The molecule has 1 N–H and O–H groups in total. The zero-order chi connectivity index (χ0) is 10.3. The van der Waals surface area contributed by atoms with Crippen LogP contribution in [0.25, 0.3) is 0 Å². The largest absolute Gasteiger partial charge is 0.464 e. The van der Waals surface area contributed by atoms with Crippen molar-refractivity contribution < 1.29 is 14.3 Å². The van der Waals surface area contributed by atoms with Crippen molar-refractivity contribution in [1.29, 1.82) is 0 Å². The van der Waals surface area contributed by atoms with E-state index in [9.17, 15) is 9.59 Å². The Morgan fingerprint density at radius 1 is 1.54 bits per heavy atom. The number of esters is 1. The molecule has 0 heterocycles. The van der Waals surface area contributed by atoms with Crippen molar-refractivity contribution in [3.8, 4) is 0 Å². The Bertz CT molecular complexity index is 211. The molecule has 0 saturated heterocycles. The summed E-state index contributed by atoms with van der Waals surface area (Å²) in [6.07, 6.45) is 2.96. The number of allylic oxidation sites excluding steroid dienone is 1. The maximum atomic E-state index is 11.0. The standard InChI is InChI=1S/C9H15NO3/c1-4-6-8(11)10-7(3)9(12)13-5-2/h4,6-7H,5H2,1-3H3,(H,10,11). The SMILES string of the molecule is CC=CC(=O)NC(C)C(=O)OCC. The topological polar surface area (TPSA) is 55.4 Å². The van der Waals surface area contributed by atoms with Crippen molar-refractivity contribution in [2.24, 2.45) is 0 Å². The Kier molecular flexibility index (Phi) is 5.59. The number of hydrogen-bond donors (Lipinski definition) is 1. The summed E-state index contributed by atoms with van der Waals surface area (Å²) >= 11 is 0. The van der Waals surface area contributed by atoms with Gasteiger partial charge in [0.15, 0.2) is 0 Å². The third-order valence-corrected chi connectivity index (χ3v) is 1.32. The minimum Gasteiger partial charge on any atom is -0.464 e. The van der Waals surface area contributed by atoms with Gasteiger partial charge in [0.1, 0.15) is 6.04 Å². The van der Waals surface area contributed by atoms with Gasteiger partial charge in [-0.1, -0.05) is 6.08 Å². The zero-order valence-corrected chi connectivity index (χ0v) is 8.16. The number of carbonyl (C=O) groups is 2. The van der Waals surface area contributed by atoms with Crippen LogP contribution in [0.1, 0.15) is 20.8 Å². The molecule has 0 rings (SSSR count). The zero-order valence-electron chi connectivity index (χ0n) is 8.16. The normalized spacial score (nSPS) is 12.5. The lowest BCUT2D eigenvalue weighted by Crippen LogP contribution is -2.38. The summed E-state index contributed by atoms with van der Waals surface area (Å²) in [6.45, 7) is 5.36. The molecule has 13 heavy (non-hydrogen) atoms. The lowest BCUT2D eigenvalue weighted by atomic mass is 10.3. The summed E-state index contributed by atoms with van der Waals surface area (Å²) in [5, 5.41) is 2.47. The van der Waals surface area contributed by atoms with Crippen LogP contribution in [0.15, 0.2) is 12.2 Å². The van der Waals surface area contributed by atoms with Crippen molar-refractivity contribution in [2.45, 2.75) is 26.8 Å². The molecular weight excluding hydrogens is 170 g/mol. The molecule has 0 aromatic carbocycles. The van der Waals surface area contributed by atoms with Crippen LogP contribution in [0.2, 0.25) is 0 Å². The van der Waals surface area contributed by atoms with E-state index in [0.29, 0.717) is 6.61 Å². The number of ether oxygens (including phenoxy) is 1. The molecule has 1 unspecified atom stereocenters. The molecule has 1 atom stereocenters. The van der Waals surface area contributed by atoms with E-state index < -0.39 is 12.0 Å². The number of rotatable bonds is 4. The average Bonchev–Trinajstić information content (AvgIpc) is 2.05. The molecule has 0 fully saturated rings. The Hall–Kier alpha value is -1.32. The highest BCUT2D eigenvalue weighted by atomic mass is 16.5. The number of hydrogen-bond acceptors (Lipinski definition) is 3. The fourth-order valence-corrected chi connectivity index (χ4v) is 0.739. The van der Waals surface area contributed by atoms with Crippen LogP contribution < -0.4 is 5.32 Å². The molecule has 0 bridgehead atoms. The molecule has 4 heteroatoms. The Morgan fingerprint density at radius 2 is 2.15 bits per heavy atom. The van der Waals surface area contributed by atoms with Crippen molar-refractivity contribution in [1.82, 2.24) is 5.32 Å². The quantitative estimate of drug-likeness (QED) is 0.516. The molecule has 74 valence electrons. The van der Waals surface area contributed by atoms with Crippen molar-refractivity contribution in [3.05, 3.63) is 12.2 Å². The number of nitrogens with one attached hydrogen (secondary N) is 1. The summed E-state index contributed by atoms with van der Waals surface area (Å²) in [5.41, 5.74) is 0. The second kappa shape index (κ2) is 6.22. The van der Waals surface area contributed by atoms with Crippen LogP contribution in [0.3, 0.4) is 0 Å². The van der Waals surface area contributed by atoms with E-state index in [-0.39, 0.29) is 5.91 Å². The van der Waals surface area contributed by atoms with Gasteiger partial charge in [-0.2, -0.15) is 0 Å². The second-order valence-corrected chi connectivity index (χ2v) is 2.48. The van der Waals surface area contributed by atoms with Crippen molar-refractivity contribution >= 4 is 11.9 Å². The predicted octanol–water partition coefficient (Wildman–Crippen LogP) is 0.630. The lowest BCUT2D eigenvalue weighted by molar-refractivity contribution is -0.146. The molecule has 0 aromatic rings. The Labute approximate surface area is 78.0 Å². The van der Waals surface area contributed by atoms with Gasteiger partial charge in [0.2, 0.25) is 5.91 Å². The average molecular weight is 185 g/mol. The summed E-state index contributed by atoms with van der Waals surface area (Å²) in [7, 11) is 0. The monoisotopic (exact) mass is 185 g/mol. The number of carbonyl (C=O) groups excluding carboxylic acids is 2. The van der Waals surface area contributed by atoms with E-state index in [0.717, 1.165) is 0 Å². The molecule has 4 nitrogen and oxygen atoms in total. The third-order valence-electron chi connectivity index (χ3n) is 1.32. The summed E-state index contributed by atoms with van der Waals surface area (Å²) in [4.78, 5) is 22.0. The molecule has 0 radical (unpaired) electrons. The van der Waals surface area contributed by atoms with Gasteiger partial charge in [-0.25, -0.2) is 4.79 Å². The van der Waals surface area contributed by atoms with Gasteiger partial charge < -0.3 is 10.1 Å². The lowest BCUT2D eigenvalue weighted by Gasteiger charge is -2.10. The highest BCUT2D eigenvalue weighted by Gasteiger charge is 2.14. The highest BCUT2D eigenvalue weighted by Crippen LogP contribution is 1.88. The fourth-order valence-electron chi connectivity index (χ4n) is 0.739. The van der Waals surface area contributed by atoms with Crippen molar-refractivity contribution in [2.75, 3.05) is 6.61 Å². The van der Waals surface area contributed by atoms with Gasteiger partial charge >= 0.3 is 5.97 Å². The second-order valence-electron chi connectivity index (χ2n) is 2.48. The van der Waals surface area contributed by atoms with E-state index in [1.807, 2.05) is 0 Å². The van der Waals surface area contributed by atoms with Gasteiger partial charge in [-0.15, -0.1) is 0 Å². The minimum atomic E-state index is -0.594. The minimum absolute atomic E-state index is 0.289. The first-order valence-electron chi connectivity index (χ1n) is 4.21. The van der Waals surface area contributed by atoms with Crippen LogP contribution in [0.4, 0.5) is 0 Å². The van der Waals surface area contributed by atoms with E-state index in [1.165, 1.54) is 6.08 Å². The number of amides is 1. The molecule has 0 aliphatic rings. The third kappa shape index (κ3) is 5.00. The van der Waals surface area contributed by atoms with Gasteiger partial charge in [0.25, 0.3) is 0 Å². The molecule has 0 aliphatic heterocycles. The maximum absolute atomic E-state index is 11.0. The van der Waals surface area contributed by atoms with Gasteiger partial charge in [-0.3, -0.25) is 4.79 Å². The van der Waals surface area contributed by atoms with Crippen LogP contribution >= 0.6 is 0 Å². The summed E-state index contributed by atoms with van der Waals surface area (Å²) < 4.78 is 4.70. The maximum Gasteiger partial charge on any atom is 0.328 e. The van der Waals surface area contributed by atoms with Crippen LogP contribution in [-0.2, 0) is 14.3 Å². The van der Waals surface area contributed by atoms with E-state index in [2.05, 4.69) is 5.32 Å². The van der Waals surface area contributed by atoms with E-state index >= 15 is 0 Å². The molecule has 0 aliphatic carbocycles. The first kappa shape index (κ1) is 11.7. The van der Waals surface area contributed by atoms with Gasteiger partial charge in [0, 0.05) is 0 Å². The first-order valence-corrected chi connectivity index (χ1v) is 4.21. The van der Waals surface area contributed by atoms with Gasteiger partial charge in [-0.05, 0) is 26.8 Å². The van der Waals surface area contributed by atoms with Crippen LogP contribution in [0.5, 0.6) is 0 Å². The van der Waals surface area contributed by atoms with E-state index in [1.54, 1.807) is 26.8 Å². The summed E-state index contributed by atoms with van der Waals surface area (Å²) in [5.74, 6) is -0.705. The fraction of sp³-hybridized carbons (Fsp3) is 0.556. The molecule has 0 spiro atoms. The molecular formula is C9H15NO3. The van der Waals surface area contributed by atoms with Gasteiger partial charge in [0.05, 0.1) is 6.61 Å². The van der Waals surface area contributed by atoms with Crippen LogP contribution in [-0.4, -0.2) is 24.5 Å². The Morgan fingerprint density at radius 3 is 2.62 bits per heavy atom. The summed E-state index contributed by atoms with van der Waals surface area (Å²) in [6, 6.07) is -0.594. The molecule has 1 amide bonds.